The summed E-state index contributed by atoms with van der Waals surface area (Å²) >= 11 is 0. The van der Waals surface area contributed by atoms with Gasteiger partial charge in [0.2, 0.25) is 0 Å². The van der Waals surface area contributed by atoms with Gasteiger partial charge in [-0.3, -0.25) is 0 Å². The van der Waals surface area contributed by atoms with Crippen LogP contribution >= 0.6 is 7.94 Å². The molecule has 0 aliphatic heterocycles. The summed E-state index contributed by atoms with van der Waals surface area (Å²) < 4.78 is 10.1. The van der Waals surface area contributed by atoms with E-state index in [9.17, 15) is 4.89 Å². The Bertz CT molecular complexity index is 84.8. The molecule has 11 heavy (non-hydrogen) atoms. The topological polar surface area (TPSA) is 64.7 Å². The summed E-state index contributed by atoms with van der Waals surface area (Å²) in [5, 5.41) is 0. The fourth-order valence-electron chi connectivity index (χ4n) is 0.733. The molecule has 0 rings (SSSR count). The van der Waals surface area contributed by atoms with E-state index in [4.69, 9.17) is 14.8 Å². The minimum Gasteiger partial charge on any atom is -0.327 e. The van der Waals surface area contributed by atoms with E-state index in [-0.39, 0.29) is 0 Å². The van der Waals surface area contributed by atoms with Crippen molar-refractivity contribution in [1.82, 2.24) is 0 Å². The van der Waals surface area contributed by atoms with Gasteiger partial charge in [-0.15, -0.1) is 0 Å². The SMILES string of the molecule is CCO[P+](O)(CCN)OCC. The molecule has 0 spiro atoms. The number of hydrogen-bond donors (Lipinski definition) is 2. The van der Waals surface area contributed by atoms with Crippen molar-refractivity contribution in [2.24, 2.45) is 5.73 Å². The van der Waals surface area contributed by atoms with Crippen LogP contribution in [0.4, 0.5) is 0 Å². The third-order valence-corrected chi connectivity index (χ3v) is 3.22. The summed E-state index contributed by atoms with van der Waals surface area (Å²) in [6.45, 7) is 4.96. The molecular weight excluding hydrogens is 165 g/mol. The Labute approximate surface area is 68.3 Å². The van der Waals surface area contributed by atoms with Crippen molar-refractivity contribution in [3.63, 3.8) is 0 Å². The van der Waals surface area contributed by atoms with E-state index in [2.05, 4.69) is 0 Å². The molecule has 4 nitrogen and oxygen atoms in total. The molecule has 0 aromatic rings. The first kappa shape index (κ1) is 11.3. The molecule has 0 bridgehead atoms. The van der Waals surface area contributed by atoms with Gasteiger partial charge in [-0.2, -0.15) is 13.9 Å². The lowest BCUT2D eigenvalue weighted by Crippen LogP contribution is -2.14. The molecule has 0 aromatic heterocycles. The molecule has 0 aliphatic rings. The third-order valence-electron chi connectivity index (χ3n) is 1.07. The first-order valence-electron chi connectivity index (χ1n) is 3.78. The quantitative estimate of drug-likeness (QED) is 0.595. The van der Waals surface area contributed by atoms with Crippen LogP contribution in [0.5, 0.6) is 0 Å². The summed E-state index contributed by atoms with van der Waals surface area (Å²) in [4.78, 5) is 9.60. The summed E-state index contributed by atoms with van der Waals surface area (Å²) in [6, 6.07) is 0. The van der Waals surface area contributed by atoms with E-state index in [1.807, 2.05) is 13.8 Å². The Kier molecular flexibility index (Phi) is 6.01. The normalized spacial score (nSPS) is 12.0. The third kappa shape index (κ3) is 4.67. The standard InChI is InChI=1S/C6H17NO3P/c1-3-9-11(8,6-5-7)10-4-2/h8H,3-7H2,1-2H3/q+1. The molecule has 0 aliphatic carbocycles. The largest absolute Gasteiger partial charge is 0.410 e. The molecule has 3 N–H and O–H groups in total. The highest BCUT2D eigenvalue weighted by Gasteiger charge is 2.38. The molecule has 0 saturated heterocycles. The molecule has 0 atom stereocenters. The molecule has 0 fully saturated rings. The fourth-order valence-corrected chi connectivity index (χ4v) is 2.20. The Morgan fingerprint density at radius 3 is 2.00 bits per heavy atom. The van der Waals surface area contributed by atoms with E-state index >= 15 is 0 Å². The molecule has 68 valence electrons. The second-order valence-electron chi connectivity index (χ2n) is 1.99. The van der Waals surface area contributed by atoms with Crippen LogP contribution in [-0.2, 0) is 9.05 Å². The molecule has 0 radical (unpaired) electrons. The highest BCUT2D eigenvalue weighted by atomic mass is 31.2. The molecule has 0 heterocycles. The van der Waals surface area contributed by atoms with Gasteiger partial charge in [0.05, 0.1) is 13.2 Å². The van der Waals surface area contributed by atoms with Gasteiger partial charge in [0.1, 0.15) is 0 Å². The molecule has 0 amide bonds. The van der Waals surface area contributed by atoms with Gasteiger partial charge < -0.3 is 5.73 Å². The maximum Gasteiger partial charge on any atom is 0.410 e. The van der Waals surface area contributed by atoms with Crippen molar-refractivity contribution in [2.45, 2.75) is 13.8 Å². The van der Waals surface area contributed by atoms with Crippen LogP contribution in [0, 0.1) is 0 Å². The van der Waals surface area contributed by atoms with Gasteiger partial charge in [0, 0.05) is 6.54 Å². The zero-order chi connectivity index (χ0) is 8.74. The Hall–Kier alpha value is 0.270. The average Bonchev–Trinajstić information content (AvgIpc) is 1.88. The fraction of sp³-hybridized carbons (Fsp3) is 1.00. The van der Waals surface area contributed by atoms with Crippen LogP contribution in [0.15, 0.2) is 0 Å². The predicted molar refractivity (Wildman–Crippen MR) is 46.3 cm³/mol. The van der Waals surface area contributed by atoms with Gasteiger partial charge in [-0.05, 0) is 13.8 Å². The van der Waals surface area contributed by atoms with Crippen molar-refractivity contribution in [2.75, 3.05) is 25.9 Å². The summed E-state index contributed by atoms with van der Waals surface area (Å²) in [7, 11) is -2.59. The smallest absolute Gasteiger partial charge is 0.327 e. The van der Waals surface area contributed by atoms with Crippen LogP contribution in [0.2, 0.25) is 0 Å². The highest BCUT2D eigenvalue weighted by molar-refractivity contribution is 7.60. The van der Waals surface area contributed by atoms with E-state index in [1.165, 1.54) is 0 Å². The first-order valence-corrected chi connectivity index (χ1v) is 5.54. The van der Waals surface area contributed by atoms with E-state index in [0.29, 0.717) is 25.9 Å². The molecule has 0 saturated carbocycles. The number of hydrogen-bond acceptors (Lipinski definition) is 4. The van der Waals surface area contributed by atoms with Crippen molar-refractivity contribution >= 4 is 7.94 Å². The predicted octanol–water partition coefficient (Wildman–Crippen LogP) is 0.773. The lowest BCUT2D eigenvalue weighted by Gasteiger charge is -2.14. The van der Waals surface area contributed by atoms with Gasteiger partial charge >= 0.3 is 7.94 Å². The van der Waals surface area contributed by atoms with Gasteiger partial charge in [-0.1, -0.05) is 0 Å². The highest BCUT2D eigenvalue weighted by Crippen LogP contribution is 2.55. The van der Waals surface area contributed by atoms with Crippen molar-refractivity contribution in [3.05, 3.63) is 0 Å². The number of nitrogens with two attached hydrogens (primary N) is 1. The zero-order valence-corrected chi connectivity index (χ0v) is 8.01. The van der Waals surface area contributed by atoms with E-state index in [0.717, 1.165) is 0 Å². The van der Waals surface area contributed by atoms with Crippen LogP contribution < -0.4 is 5.73 Å². The zero-order valence-electron chi connectivity index (χ0n) is 7.12. The second-order valence-corrected chi connectivity index (χ2v) is 4.22. The van der Waals surface area contributed by atoms with Crippen LogP contribution in [0.3, 0.4) is 0 Å². The van der Waals surface area contributed by atoms with Gasteiger partial charge in [0.25, 0.3) is 0 Å². The lowest BCUT2D eigenvalue weighted by atomic mass is 10.8. The second kappa shape index (κ2) is 5.86. The minimum atomic E-state index is -2.59. The van der Waals surface area contributed by atoms with Gasteiger partial charge in [0.15, 0.2) is 6.16 Å². The van der Waals surface area contributed by atoms with Crippen molar-refractivity contribution in [3.8, 4) is 0 Å². The lowest BCUT2D eigenvalue weighted by molar-refractivity contribution is 0.190. The van der Waals surface area contributed by atoms with E-state index < -0.39 is 7.94 Å². The first-order chi connectivity index (χ1) is 5.18. The summed E-state index contributed by atoms with van der Waals surface area (Å²) in [5.41, 5.74) is 5.28. The van der Waals surface area contributed by atoms with Gasteiger partial charge in [-0.25, -0.2) is 0 Å². The Morgan fingerprint density at radius 1 is 1.27 bits per heavy atom. The Morgan fingerprint density at radius 2 is 1.73 bits per heavy atom. The van der Waals surface area contributed by atoms with Crippen molar-refractivity contribution in [1.29, 1.82) is 0 Å². The van der Waals surface area contributed by atoms with Crippen LogP contribution in [-0.4, -0.2) is 30.8 Å². The number of rotatable bonds is 6. The maximum absolute atomic E-state index is 9.60. The summed E-state index contributed by atoms with van der Waals surface area (Å²) in [5.74, 6) is 0. The minimum absolute atomic E-state index is 0.393. The molecule has 0 aromatic carbocycles. The van der Waals surface area contributed by atoms with Crippen molar-refractivity contribution < 1.29 is 13.9 Å². The molecule has 5 heteroatoms. The maximum atomic E-state index is 9.60. The summed E-state index contributed by atoms with van der Waals surface area (Å²) in [6.07, 6.45) is 0.411. The van der Waals surface area contributed by atoms with E-state index in [1.54, 1.807) is 0 Å². The molecule has 0 unspecified atom stereocenters. The molecular formula is C6H17NO3P+. The van der Waals surface area contributed by atoms with Crippen LogP contribution in [0.1, 0.15) is 13.8 Å². The monoisotopic (exact) mass is 182 g/mol. The Balaban J connectivity index is 3.79. The average molecular weight is 182 g/mol. The van der Waals surface area contributed by atoms with Crippen LogP contribution in [0.25, 0.3) is 0 Å².